The highest BCUT2D eigenvalue weighted by molar-refractivity contribution is 9.10. The normalized spacial score (nSPS) is 18.6. The van der Waals surface area contributed by atoms with Crippen molar-refractivity contribution in [1.29, 1.82) is 0 Å². The minimum absolute atomic E-state index is 0.427. The van der Waals surface area contributed by atoms with E-state index in [1.54, 1.807) is 0 Å². The molecule has 2 aromatic rings. The Bertz CT molecular complexity index is 544. The largest absolute Gasteiger partial charge is 0.455 e. The number of ether oxygens (including phenoxy) is 1. The fourth-order valence-corrected chi connectivity index (χ4v) is 2.76. The Labute approximate surface area is 127 Å². The molecule has 4 heteroatoms. The molecule has 1 aromatic carbocycles. The Hall–Kier alpha value is -1.10. The number of furan rings is 1. The van der Waals surface area contributed by atoms with Gasteiger partial charge in [-0.05, 0) is 37.1 Å². The lowest BCUT2D eigenvalue weighted by Crippen LogP contribution is -2.84. The minimum atomic E-state index is 0.427. The van der Waals surface area contributed by atoms with E-state index in [1.165, 1.54) is 12.8 Å². The van der Waals surface area contributed by atoms with E-state index in [-0.39, 0.29) is 0 Å². The third kappa shape index (κ3) is 3.51. The van der Waals surface area contributed by atoms with Crippen LogP contribution in [0.5, 0.6) is 0 Å². The molecule has 1 aromatic heterocycles. The zero-order chi connectivity index (χ0) is 13.8. The van der Waals surface area contributed by atoms with Crippen molar-refractivity contribution >= 4 is 15.9 Å². The third-order valence-corrected chi connectivity index (χ3v) is 4.12. The van der Waals surface area contributed by atoms with Crippen LogP contribution >= 0.6 is 15.9 Å². The summed E-state index contributed by atoms with van der Waals surface area (Å²) in [4.78, 5) is 0. The molecule has 106 valence electrons. The molecule has 1 aliphatic heterocycles. The summed E-state index contributed by atoms with van der Waals surface area (Å²) in [6.07, 6.45) is 2.82. The zero-order valence-corrected chi connectivity index (χ0v) is 12.9. The van der Waals surface area contributed by atoms with Crippen LogP contribution in [0.1, 0.15) is 18.6 Å². The van der Waals surface area contributed by atoms with Crippen LogP contribution in [0.2, 0.25) is 0 Å². The van der Waals surface area contributed by atoms with Crippen LogP contribution < -0.4 is 5.32 Å². The number of hydrogen-bond donors (Lipinski definition) is 1. The van der Waals surface area contributed by atoms with E-state index in [0.717, 1.165) is 41.3 Å². The molecule has 0 bridgehead atoms. The van der Waals surface area contributed by atoms with Crippen molar-refractivity contribution in [2.24, 2.45) is 0 Å². The van der Waals surface area contributed by atoms with Crippen molar-refractivity contribution in [3.05, 3.63) is 46.6 Å². The van der Waals surface area contributed by atoms with Gasteiger partial charge in [-0.2, -0.15) is 0 Å². The maximum Gasteiger partial charge on any atom is 0.158 e. The molecular weight excluding hydrogens is 318 g/mol. The van der Waals surface area contributed by atoms with Crippen molar-refractivity contribution in [2.45, 2.75) is 25.5 Å². The molecule has 0 radical (unpaired) electrons. The van der Waals surface area contributed by atoms with E-state index in [1.807, 2.05) is 18.2 Å². The van der Waals surface area contributed by atoms with Gasteiger partial charge in [0.1, 0.15) is 25.0 Å². The first-order valence-electron chi connectivity index (χ1n) is 7.09. The average Bonchev–Trinajstić information content (AvgIpc) is 3.11. The number of quaternary nitrogens is 1. The van der Waals surface area contributed by atoms with Crippen LogP contribution in [0.4, 0.5) is 0 Å². The predicted molar refractivity (Wildman–Crippen MR) is 81.3 cm³/mol. The van der Waals surface area contributed by atoms with Crippen LogP contribution in [-0.4, -0.2) is 19.3 Å². The highest BCUT2D eigenvalue weighted by Gasteiger charge is 2.17. The number of halogens is 1. The highest BCUT2D eigenvalue weighted by Crippen LogP contribution is 2.23. The first kappa shape index (κ1) is 13.9. The summed E-state index contributed by atoms with van der Waals surface area (Å²) < 4.78 is 12.6. The monoisotopic (exact) mass is 336 g/mol. The predicted octanol–water partition coefficient (Wildman–Crippen LogP) is 2.95. The quantitative estimate of drug-likeness (QED) is 0.911. The van der Waals surface area contributed by atoms with Crippen LogP contribution in [0.15, 0.2) is 45.3 Å². The van der Waals surface area contributed by atoms with E-state index in [4.69, 9.17) is 9.15 Å². The molecular formula is C16H19BrNO2+. The molecule has 3 rings (SSSR count). The molecule has 0 unspecified atom stereocenters. The zero-order valence-electron chi connectivity index (χ0n) is 11.3. The van der Waals surface area contributed by atoms with Gasteiger partial charge < -0.3 is 14.5 Å². The molecule has 2 heterocycles. The van der Waals surface area contributed by atoms with Gasteiger partial charge >= 0.3 is 0 Å². The van der Waals surface area contributed by atoms with Crippen LogP contribution in [-0.2, 0) is 11.3 Å². The van der Waals surface area contributed by atoms with Gasteiger partial charge in [-0.1, -0.05) is 28.1 Å². The summed E-state index contributed by atoms with van der Waals surface area (Å²) in [5, 5.41) is 2.26. The lowest BCUT2D eigenvalue weighted by molar-refractivity contribution is -0.677. The first-order chi connectivity index (χ1) is 9.81. The Balaban J connectivity index is 1.55. The summed E-state index contributed by atoms with van der Waals surface area (Å²) in [6, 6.07) is 12.3. The van der Waals surface area contributed by atoms with Crippen molar-refractivity contribution in [3.63, 3.8) is 0 Å². The van der Waals surface area contributed by atoms with Crippen molar-refractivity contribution in [3.8, 4) is 11.3 Å². The van der Waals surface area contributed by atoms with Gasteiger partial charge in [0, 0.05) is 16.6 Å². The first-order valence-corrected chi connectivity index (χ1v) is 7.88. The Morgan fingerprint density at radius 1 is 1.15 bits per heavy atom. The molecule has 1 atom stereocenters. The average molecular weight is 337 g/mol. The second-order valence-electron chi connectivity index (χ2n) is 5.14. The molecule has 2 N–H and O–H groups in total. The third-order valence-electron chi connectivity index (χ3n) is 3.59. The minimum Gasteiger partial charge on any atom is -0.455 e. The molecule has 1 fully saturated rings. The Kier molecular flexibility index (Phi) is 4.55. The smallest absolute Gasteiger partial charge is 0.158 e. The SMILES string of the molecule is Brc1ccc(-c2ccc(C[NH2+]C[C@H]3CCCO3)o2)cc1. The summed E-state index contributed by atoms with van der Waals surface area (Å²) >= 11 is 3.44. The van der Waals surface area contributed by atoms with E-state index in [9.17, 15) is 0 Å². The van der Waals surface area contributed by atoms with Crippen LogP contribution in [0.3, 0.4) is 0 Å². The lowest BCUT2D eigenvalue weighted by atomic mass is 10.2. The summed E-state index contributed by atoms with van der Waals surface area (Å²) in [6.45, 7) is 2.82. The second kappa shape index (κ2) is 6.57. The fourth-order valence-electron chi connectivity index (χ4n) is 2.50. The maximum absolute atomic E-state index is 5.89. The molecule has 0 spiro atoms. The highest BCUT2D eigenvalue weighted by atomic mass is 79.9. The van der Waals surface area contributed by atoms with Gasteiger partial charge in [0.2, 0.25) is 0 Å². The van der Waals surface area contributed by atoms with E-state index in [2.05, 4.69) is 39.4 Å². The Morgan fingerprint density at radius 2 is 2.00 bits per heavy atom. The van der Waals surface area contributed by atoms with Crippen LogP contribution in [0, 0.1) is 0 Å². The van der Waals surface area contributed by atoms with Crippen molar-refractivity contribution in [1.82, 2.24) is 0 Å². The number of hydrogen-bond acceptors (Lipinski definition) is 2. The summed E-state index contributed by atoms with van der Waals surface area (Å²) in [7, 11) is 0. The van der Waals surface area contributed by atoms with E-state index in [0.29, 0.717) is 6.10 Å². The van der Waals surface area contributed by atoms with Gasteiger partial charge in [-0.15, -0.1) is 0 Å². The van der Waals surface area contributed by atoms with E-state index < -0.39 is 0 Å². The summed E-state index contributed by atoms with van der Waals surface area (Å²) in [5.74, 6) is 1.94. The molecule has 0 amide bonds. The lowest BCUT2D eigenvalue weighted by Gasteiger charge is -2.06. The van der Waals surface area contributed by atoms with Crippen molar-refractivity contribution in [2.75, 3.05) is 13.2 Å². The molecule has 20 heavy (non-hydrogen) atoms. The second-order valence-corrected chi connectivity index (χ2v) is 6.05. The molecule has 0 aliphatic carbocycles. The van der Waals surface area contributed by atoms with Gasteiger partial charge in [0.05, 0.1) is 0 Å². The standard InChI is InChI=1S/C16H18BrNO2/c17-13-5-3-12(4-6-13)16-8-7-15(20-16)11-18-10-14-2-1-9-19-14/h3-8,14,18H,1-2,9-11H2/p+1/t14-/m1/s1. The number of rotatable bonds is 5. The maximum atomic E-state index is 5.89. The number of benzene rings is 1. The fraction of sp³-hybridized carbons (Fsp3) is 0.375. The summed E-state index contributed by atoms with van der Waals surface area (Å²) in [5.41, 5.74) is 1.11. The topological polar surface area (TPSA) is 39.0 Å². The Morgan fingerprint density at radius 3 is 2.75 bits per heavy atom. The molecule has 1 saturated heterocycles. The van der Waals surface area contributed by atoms with E-state index >= 15 is 0 Å². The van der Waals surface area contributed by atoms with Crippen LogP contribution in [0.25, 0.3) is 11.3 Å². The number of nitrogens with two attached hydrogens (primary N) is 1. The van der Waals surface area contributed by atoms with Gasteiger partial charge in [-0.3, -0.25) is 0 Å². The van der Waals surface area contributed by atoms with Crippen molar-refractivity contribution < 1.29 is 14.5 Å². The molecule has 3 nitrogen and oxygen atoms in total. The van der Waals surface area contributed by atoms with Gasteiger partial charge in [-0.25, -0.2) is 0 Å². The molecule has 0 saturated carbocycles. The van der Waals surface area contributed by atoms with Gasteiger partial charge in [0.25, 0.3) is 0 Å². The molecule has 1 aliphatic rings. The van der Waals surface area contributed by atoms with Gasteiger partial charge in [0.15, 0.2) is 5.76 Å².